The monoisotopic (exact) mass is 979 g/mol. The first-order chi connectivity index (χ1) is 33.4. The molecule has 0 N–H and O–H groups in total. The molecule has 0 aliphatic carbocycles. The molecule has 7 nitrogen and oxygen atoms in total. The third kappa shape index (κ3) is 7.20. The summed E-state index contributed by atoms with van der Waals surface area (Å²) in [5.41, 5.74) is 4.80. The summed E-state index contributed by atoms with van der Waals surface area (Å²) in [6.45, 7) is 16.5. The molecule has 0 fully saturated rings. The molecular formula is C53H38N6OPt-2. The van der Waals surface area contributed by atoms with Gasteiger partial charge in [0, 0.05) is 50.4 Å². The Balaban J connectivity index is 0.00000624. The molecule has 10 aromatic rings. The minimum atomic E-state index is -0.596. The van der Waals surface area contributed by atoms with Crippen molar-refractivity contribution in [3.05, 3.63) is 199 Å². The number of imidazole rings is 1. The smallest absolute Gasteiger partial charge is 0.268 e. The third-order valence-electron chi connectivity index (χ3n) is 10.3. The summed E-state index contributed by atoms with van der Waals surface area (Å²) in [6.07, 6.45) is 6.98. The van der Waals surface area contributed by atoms with Gasteiger partial charge >= 0.3 is 0 Å². The molecule has 0 aliphatic rings. The Bertz CT molecular complexity index is 3770. The van der Waals surface area contributed by atoms with E-state index in [1.54, 1.807) is 69.9 Å². The van der Waals surface area contributed by atoms with Crippen molar-refractivity contribution in [3.8, 4) is 50.9 Å². The Morgan fingerprint density at radius 2 is 1.48 bits per heavy atom. The zero-order valence-corrected chi connectivity index (χ0v) is 35.4. The maximum absolute atomic E-state index is 9.01. The molecule has 0 amide bonds. The van der Waals surface area contributed by atoms with Crippen LogP contribution in [0, 0.1) is 32.0 Å². The fourth-order valence-electron chi connectivity index (χ4n) is 7.45. The van der Waals surface area contributed by atoms with Crippen LogP contribution in [0.3, 0.4) is 0 Å². The number of para-hydroxylation sites is 3. The number of fused-ring (bicyclic) bond motifs is 4. The minimum Gasteiger partial charge on any atom is -0.511 e. The molecule has 0 saturated heterocycles. The van der Waals surface area contributed by atoms with Gasteiger partial charge in [0.1, 0.15) is 5.82 Å². The molecule has 0 aliphatic heterocycles. The van der Waals surface area contributed by atoms with Crippen molar-refractivity contribution in [1.29, 1.82) is 0 Å². The molecule has 4 aromatic heterocycles. The van der Waals surface area contributed by atoms with Crippen molar-refractivity contribution in [3.63, 3.8) is 0 Å². The molecule has 298 valence electrons. The van der Waals surface area contributed by atoms with E-state index in [9.17, 15) is 0 Å². The first-order valence-corrected chi connectivity index (χ1v) is 19.0. The van der Waals surface area contributed by atoms with Crippen LogP contribution in [0.15, 0.2) is 158 Å². The number of hydrogen-bond acceptors (Lipinski definition) is 3. The van der Waals surface area contributed by atoms with Gasteiger partial charge in [0.25, 0.3) is 6.33 Å². The van der Waals surface area contributed by atoms with E-state index in [2.05, 4.69) is 55.1 Å². The van der Waals surface area contributed by atoms with E-state index in [1.165, 1.54) is 6.07 Å². The predicted octanol–water partition coefficient (Wildman–Crippen LogP) is 12.5. The second-order valence-corrected chi connectivity index (χ2v) is 15.2. The molecule has 6 aromatic carbocycles. The molecule has 0 unspecified atom stereocenters. The van der Waals surface area contributed by atoms with Gasteiger partial charge in [0.2, 0.25) is 0 Å². The van der Waals surface area contributed by atoms with Crippen LogP contribution in [0.5, 0.6) is 11.5 Å². The van der Waals surface area contributed by atoms with E-state index < -0.39 is 60.4 Å². The van der Waals surface area contributed by atoms with Crippen LogP contribution in [0.1, 0.15) is 45.7 Å². The largest absolute Gasteiger partial charge is 0.511 e. The molecule has 0 bridgehead atoms. The fourth-order valence-corrected chi connectivity index (χ4v) is 7.45. The fraction of sp³-hybridized carbons (Fsp3) is 0.0943. The second-order valence-electron chi connectivity index (χ2n) is 15.2. The Morgan fingerprint density at radius 3 is 2.18 bits per heavy atom. The summed E-state index contributed by atoms with van der Waals surface area (Å²) in [5.74, 6) is 1.19. The molecule has 0 radical (unpaired) electrons. The Hall–Kier alpha value is -7.13. The van der Waals surface area contributed by atoms with Crippen LogP contribution in [0.2, 0.25) is 0 Å². The van der Waals surface area contributed by atoms with Gasteiger partial charge in [-0.1, -0.05) is 135 Å². The van der Waals surface area contributed by atoms with Gasteiger partial charge in [0.15, 0.2) is 0 Å². The van der Waals surface area contributed by atoms with E-state index in [-0.39, 0.29) is 65.9 Å². The number of aromatic nitrogens is 5. The van der Waals surface area contributed by atoms with Gasteiger partial charge in [-0.25, -0.2) is 4.98 Å². The second kappa shape index (κ2) is 15.8. The first kappa shape index (κ1) is 29.2. The average Bonchev–Trinajstić information content (AvgIpc) is 3.89. The molecule has 61 heavy (non-hydrogen) atoms. The van der Waals surface area contributed by atoms with Crippen molar-refractivity contribution in [1.82, 2.24) is 19.1 Å². The van der Waals surface area contributed by atoms with Crippen LogP contribution in [0.25, 0.3) is 77.1 Å². The summed E-state index contributed by atoms with van der Waals surface area (Å²) in [4.78, 5) is 13.1. The summed E-state index contributed by atoms with van der Waals surface area (Å²) >= 11 is 0. The standard InChI is InChI=1S/C53H38N6O.Pt/c1-35-27-49-46(33-56-35)45-24-23-41(32-50(45)59(49)51-28-38(25-26-55-51)53(2,3)4)60-42-30-39(54-5)29-40(31-42)57-34-58(48-22-13-12-21-47(48)57)52-43(36-15-8-6-9-16-36)19-14-20-44(52)37-17-10-7-11-18-37;/h6-30,33H,1-4H3;/q-2;/i6D,7D,8D,9D,10D,11D,15D,16D,17D,18D;. The van der Waals surface area contributed by atoms with Gasteiger partial charge in [-0.05, 0) is 69.5 Å². The number of aryl methyl sites for hydroxylation is 1. The number of rotatable bonds is 7. The number of pyridine rings is 2. The van der Waals surface area contributed by atoms with E-state index in [0.717, 1.165) is 27.5 Å². The van der Waals surface area contributed by atoms with Crippen LogP contribution >= 0.6 is 0 Å². The first-order valence-electron chi connectivity index (χ1n) is 24.0. The Kier molecular flexibility index (Phi) is 7.55. The van der Waals surface area contributed by atoms with Gasteiger partial charge in [-0.2, -0.15) is 12.1 Å². The van der Waals surface area contributed by atoms with E-state index >= 15 is 0 Å². The van der Waals surface area contributed by atoms with Crippen LogP contribution in [-0.4, -0.2) is 19.1 Å². The maximum Gasteiger partial charge on any atom is 0.268 e. The molecule has 8 heteroatoms. The topological polar surface area (TPSA) is 53.1 Å². The minimum absolute atomic E-state index is 0. The van der Waals surface area contributed by atoms with Gasteiger partial charge in [-0.3, -0.25) is 14.4 Å². The maximum atomic E-state index is 9.01. The molecule has 0 atom stereocenters. The number of ether oxygens (including phenoxy) is 1. The predicted molar refractivity (Wildman–Crippen MR) is 238 cm³/mol. The van der Waals surface area contributed by atoms with Gasteiger partial charge in [0.05, 0.1) is 42.7 Å². The van der Waals surface area contributed by atoms with Gasteiger partial charge < -0.3 is 13.9 Å². The summed E-state index contributed by atoms with van der Waals surface area (Å²) in [5, 5.41) is 1.78. The van der Waals surface area contributed by atoms with Gasteiger partial charge in [-0.15, -0.1) is 29.7 Å². The molecule has 4 heterocycles. The van der Waals surface area contributed by atoms with Crippen LogP contribution in [0.4, 0.5) is 5.69 Å². The van der Waals surface area contributed by atoms with Crippen molar-refractivity contribution in [2.75, 3.05) is 0 Å². The average molecular weight is 980 g/mol. The zero-order chi connectivity index (χ0) is 49.7. The number of hydrogen-bond donors (Lipinski definition) is 0. The molecular weight excluding hydrogens is 932 g/mol. The third-order valence-corrected chi connectivity index (χ3v) is 10.3. The Labute approximate surface area is 383 Å². The van der Waals surface area contributed by atoms with Crippen LogP contribution < -0.4 is 9.30 Å². The quantitative estimate of drug-likeness (QED) is 0.118. The summed E-state index contributed by atoms with van der Waals surface area (Å²) in [7, 11) is 0. The van der Waals surface area contributed by atoms with Crippen molar-refractivity contribution in [2.24, 2.45) is 0 Å². The number of benzene rings is 6. The molecule has 0 spiro atoms. The summed E-state index contributed by atoms with van der Waals surface area (Å²) in [6, 6.07) is 25.9. The van der Waals surface area contributed by atoms with Crippen molar-refractivity contribution in [2.45, 2.75) is 33.1 Å². The Morgan fingerprint density at radius 1 is 0.754 bits per heavy atom. The van der Waals surface area contributed by atoms with Crippen molar-refractivity contribution < 1.29 is 44.1 Å². The molecule has 0 saturated carbocycles. The molecule has 10 rings (SSSR count). The SMILES string of the molecule is [2H]c1c([2H])c([2H])c(-c2cccc(-c3c([2H])c([2H])c([2H])c([2H])c3[2H])c2-[n+]2[c-]n(-c3[c-]c(Oc4[c-]c5c(cc4)c4cnc(C)cc4n5-c4cc(C(C)(C)C)ccn4)cc([N+]#[C-])c3)c3ccccc32)c([2H])c1[2H].[Pt]. The van der Waals surface area contributed by atoms with E-state index in [1.807, 2.05) is 35.9 Å². The zero-order valence-electron chi connectivity index (χ0n) is 43.1. The normalized spacial score (nSPS) is 13.8. The number of nitrogens with zero attached hydrogens (tertiary/aromatic N) is 6. The van der Waals surface area contributed by atoms with Crippen molar-refractivity contribution >= 4 is 38.5 Å². The summed E-state index contributed by atoms with van der Waals surface area (Å²) < 4.78 is 98.6. The van der Waals surface area contributed by atoms with Crippen LogP contribution in [-0.2, 0) is 26.5 Å². The van der Waals surface area contributed by atoms with E-state index in [4.69, 9.17) is 30.0 Å². The van der Waals surface area contributed by atoms with E-state index in [0.29, 0.717) is 33.8 Å².